The molecular formula is C18H29ClN2O2. The van der Waals surface area contributed by atoms with Crippen LogP contribution in [0.25, 0.3) is 0 Å². The van der Waals surface area contributed by atoms with E-state index in [1.54, 1.807) is 7.11 Å². The molecule has 1 aromatic rings. The number of nitrogens with zero attached hydrogens (tertiary/aromatic N) is 1. The summed E-state index contributed by atoms with van der Waals surface area (Å²) in [6, 6.07) is 7.91. The van der Waals surface area contributed by atoms with E-state index >= 15 is 0 Å². The van der Waals surface area contributed by atoms with E-state index in [1.807, 2.05) is 43.0 Å². The molecule has 1 amide bonds. The summed E-state index contributed by atoms with van der Waals surface area (Å²) in [6.07, 6.45) is 1.66. The lowest BCUT2D eigenvalue weighted by atomic mass is 9.83. The highest BCUT2D eigenvalue weighted by Gasteiger charge is 2.40. The van der Waals surface area contributed by atoms with Crippen LogP contribution in [0.15, 0.2) is 24.3 Å². The summed E-state index contributed by atoms with van der Waals surface area (Å²) in [6.45, 7) is 8.39. The molecule has 4 nitrogen and oxygen atoms in total. The molecule has 1 aromatic carbocycles. The molecule has 0 aromatic heterocycles. The lowest BCUT2D eigenvalue weighted by molar-refractivity contribution is -0.139. The largest absolute Gasteiger partial charge is 0.496 e. The van der Waals surface area contributed by atoms with Gasteiger partial charge in [0.25, 0.3) is 0 Å². The summed E-state index contributed by atoms with van der Waals surface area (Å²) in [5.41, 5.74) is 6.54. The van der Waals surface area contributed by atoms with Crippen molar-refractivity contribution in [2.75, 3.05) is 26.7 Å². The monoisotopic (exact) mass is 340 g/mol. The Morgan fingerprint density at radius 1 is 1.39 bits per heavy atom. The predicted octanol–water partition coefficient (Wildman–Crippen LogP) is 2.88. The molecular weight excluding hydrogens is 312 g/mol. The Kier molecular flexibility index (Phi) is 6.49. The fraction of sp³-hybridized carbons (Fsp3) is 0.611. The summed E-state index contributed by atoms with van der Waals surface area (Å²) >= 11 is 0. The van der Waals surface area contributed by atoms with Gasteiger partial charge in [-0.25, -0.2) is 0 Å². The van der Waals surface area contributed by atoms with E-state index in [-0.39, 0.29) is 23.7 Å². The van der Waals surface area contributed by atoms with Crippen LogP contribution in [-0.2, 0) is 11.2 Å². The van der Waals surface area contributed by atoms with Crippen LogP contribution in [0.4, 0.5) is 0 Å². The number of amides is 1. The first-order chi connectivity index (χ1) is 10.3. The predicted molar refractivity (Wildman–Crippen MR) is 96.1 cm³/mol. The third-order valence-corrected chi connectivity index (χ3v) is 4.74. The Balaban J connectivity index is 0.00000264. The first-order valence-corrected chi connectivity index (χ1v) is 7.93. The molecule has 1 fully saturated rings. The van der Waals surface area contributed by atoms with Crippen molar-refractivity contribution < 1.29 is 9.53 Å². The molecule has 1 saturated heterocycles. The van der Waals surface area contributed by atoms with Crippen LogP contribution < -0.4 is 10.5 Å². The molecule has 0 aliphatic carbocycles. The molecule has 2 N–H and O–H groups in total. The van der Waals surface area contributed by atoms with E-state index in [4.69, 9.17) is 10.5 Å². The number of para-hydroxylation sites is 1. The normalized spacial score (nSPS) is 21.0. The number of rotatable bonds is 5. The third kappa shape index (κ3) is 4.39. The maximum atomic E-state index is 12.9. The second kappa shape index (κ2) is 7.54. The zero-order chi connectivity index (χ0) is 16.4. The molecule has 0 bridgehead atoms. The number of halogens is 1. The van der Waals surface area contributed by atoms with Crippen LogP contribution in [0.2, 0.25) is 0 Å². The standard InChI is InChI=1S/C18H28N2O2.ClH/c1-17(2,11-14-7-5-6-8-15(14)22-4)16(21)20-10-9-18(3,12-19)13-20;/h5-8H,9-13,19H2,1-4H3;1H. The molecule has 5 heteroatoms. The van der Waals surface area contributed by atoms with Gasteiger partial charge >= 0.3 is 0 Å². The second-order valence-electron chi connectivity index (χ2n) is 7.36. The Labute approximate surface area is 145 Å². The fourth-order valence-electron chi connectivity index (χ4n) is 3.19. The first-order valence-electron chi connectivity index (χ1n) is 7.93. The molecule has 1 unspecified atom stereocenters. The van der Waals surface area contributed by atoms with Gasteiger partial charge in [-0.3, -0.25) is 4.79 Å². The van der Waals surface area contributed by atoms with Crippen LogP contribution >= 0.6 is 12.4 Å². The van der Waals surface area contributed by atoms with E-state index < -0.39 is 5.41 Å². The van der Waals surface area contributed by atoms with Crippen molar-refractivity contribution >= 4 is 18.3 Å². The molecule has 0 spiro atoms. The molecule has 0 radical (unpaired) electrons. The second-order valence-corrected chi connectivity index (χ2v) is 7.36. The van der Waals surface area contributed by atoms with Crippen molar-refractivity contribution in [2.24, 2.45) is 16.6 Å². The van der Waals surface area contributed by atoms with Crippen molar-refractivity contribution in [1.29, 1.82) is 0 Å². The SMILES string of the molecule is COc1ccccc1CC(C)(C)C(=O)N1CCC(C)(CN)C1.Cl. The molecule has 1 aliphatic heterocycles. The van der Waals surface area contributed by atoms with Gasteiger partial charge in [0.1, 0.15) is 5.75 Å². The number of carbonyl (C=O) groups excluding carboxylic acids is 1. The number of benzene rings is 1. The van der Waals surface area contributed by atoms with Gasteiger partial charge in [0.05, 0.1) is 7.11 Å². The van der Waals surface area contributed by atoms with Gasteiger partial charge in [-0.1, -0.05) is 39.0 Å². The number of likely N-dealkylation sites (tertiary alicyclic amines) is 1. The van der Waals surface area contributed by atoms with Gasteiger partial charge in [-0.2, -0.15) is 0 Å². The summed E-state index contributed by atoms with van der Waals surface area (Å²) in [5, 5.41) is 0. The Hall–Kier alpha value is -1.26. The Morgan fingerprint density at radius 2 is 2.04 bits per heavy atom. The van der Waals surface area contributed by atoms with E-state index in [9.17, 15) is 4.79 Å². The van der Waals surface area contributed by atoms with E-state index in [2.05, 4.69) is 6.92 Å². The van der Waals surface area contributed by atoms with Gasteiger partial charge in [0, 0.05) is 18.5 Å². The smallest absolute Gasteiger partial charge is 0.228 e. The Morgan fingerprint density at radius 3 is 2.61 bits per heavy atom. The molecule has 0 saturated carbocycles. The number of hydrogen-bond acceptors (Lipinski definition) is 3. The van der Waals surface area contributed by atoms with Gasteiger partial charge in [0.2, 0.25) is 5.91 Å². The quantitative estimate of drug-likeness (QED) is 0.896. The van der Waals surface area contributed by atoms with Crippen molar-refractivity contribution in [3.8, 4) is 5.75 Å². The molecule has 1 aliphatic rings. The Bertz CT molecular complexity index is 548. The number of ether oxygens (including phenoxy) is 1. The van der Waals surface area contributed by atoms with Crippen LogP contribution in [0.1, 0.15) is 32.8 Å². The fourth-order valence-corrected chi connectivity index (χ4v) is 3.19. The van der Waals surface area contributed by atoms with Crippen LogP contribution in [0.5, 0.6) is 5.75 Å². The first kappa shape index (κ1) is 19.8. The van der Waals surface area contributed by atoms with E-state index in [0.29, 0.717) is 13.0 Å². The van der Waals surface area contributed by atoms with E-state index in [1.165, 1.54) is 0 Å². The topological polar surface area (TPSA) is 55.6 Å². The summed E-state index contributed by atoms with van der Waals surface area (Å²) < 4.78 is 5.41. The van der Waals surface area contributed by atoms with Gasteiger partial charge in [-0.15, -0.1) is 12.4 Å². The molecule has 1 atom stereocenters. The van der Waals surface area contributed by atoms with E-state index in [0.717, 1.165) is 30.8 Å². The average Bonchev–Trinajstić information content (AvgIpc) is 2.90. The minimum Gasteiger partial charge on any atom is -0.496 e. The molecule has 2 rings (SSSR count). The molecule has 1 heterocycles. The summed E-state index contributed by atoms with van der Waals surface area (Å²) in [7, 11) is 1.67. The summed E-state index contributed by atoms with van der Waals surface area (Å²) in [4.78, 5) is 14.9. The number of methoxy groups -OCH3 is 1. The average molecular weight is 341 g/mol. The van der Waals surface area contributed by atoms with Gasteiger partial charge < -0.3 is 15.4 Å². The summed E-state index contributed by atoms with van der Waals surface area (Å²) in [5.74, 6) is 1.05. The number of nitrogens with two attached hydrogens (primary N) is 1. The highest BCUT2D eigenvalue weighted by Crippen LogP contribution is 2.34. The lowest BCUT2D eigenvalue weighted by Gasteiger charge is -2.31. The van der Waals surface area contributed by atoms with Crippen molar-refractivity contribution in [2.45, 2.75) is 33.6 Å². The van der Waals surface area contributed by atoms with Gasteiger partial charge in [0.15, 0.2) is 0 Å². The molecule has 23 heavy (non-hydrogen) atoms. The highest BCUT2D eigenvalue weighted by atomic mass is 35.5. The minimum atomic E-state index is -0.450. The number of hydrogen-bond donors (Lipinski definition) is 1. The van der Waals surface area contributed by atoms with Crippen molar-refractivity contribution in [3.05, 3.63) is 29.8 Å². The van der Waals surface area contributed by atoms with Crippen LogP contribution in [0.3, 0.4) is 0 Å². The third-order valence-electron chi connectivity index (χ3n) is 4.74. The van der Waals surface area contributed by atoms with Crippen LogP contribution in [0, 0.1) is 10.8 Å². The van der Waals surface area contributed by atoms with Crippen molar-refractivity contribution in [3.63, 3.8) is 0 Å². The highest BCUT2D eigenvalue weighted by molar-refractivity contribution is 5.85. The van der Waals surface area contributed by atoms with Crippen LogP contribution in [-0.4, -0.2) is 37.6 Å². The zero-order valence-corrected chi connectivity index (χ0v) is 15.4. The molecule has 130 valence electrons. The van der Waals surface area contributed by atoms with Crippen molar-refractivity contribution in [1.82, 2.24) is 4.90 Å². The number of carbonyl (C=O) groups is 1. The minimum absolute atomic E-state index is 0. The maximum absolute atomic E-state index is 12.9. The zero-order valence-electron chi connectivity index (χ0n) is 14.6. The maximum Gasteiger partial charge on any atom is 0.228 e. The lowest BCUT2D eigenvalue weighted by Crippen LogP contribution is -2.42. The van der Waals surface area contributed by atoms with Gasteiger partial charge in [-0.05, 0) is 36.4 Å².